The molecule has 6 nitrogen and oxygen atoms in total. The number of piperidine rings is 1. The van der Waals surface area contributed by atoms with Gasteiger partial charge in [0.15, 0.2) is 0 Å². The minimum absolute atomic E-state index is 0.0110. The van der Waals surface area contributed by atoms with E-state index in [1.165, 1.54) is 19.3 Å². The second kappa shape index (κ2) is 6.90. The molecule has 0 radical (unpaired) electrons. The van der Waals surface area contributed by atoms with Crippen molar-refractivity contribution < 1.29 is 9.90 Å². The number of hydrogen-bond acceptors (Lipinski definition) is 4. The zero-order valence-corrected chi connectivity index (χ0v) is 14.8. The maximum atomic E-state index is 12.4. The summed E-state index contributed by atoms with van der Waals surface area (Å²) in [6, 6.07) is -0.0110. The van der Waals surface area contributed by atoms with Gasteiger partial charge in [0.25, 0.3) is 0 Å². The largest absolute Gasteiger partial charge is 0.389 e. The Kier molecular flexibility index (Phi) is 4.63. The quantitative estimate of drug-likeness (QED) is 0.878. The Balaban J connectivity index is 1.23. The second-order valence-corrected chi connectivity index (χ2v) is 7.95. The summed E-state index contributed by atoms with van der Waals surface area (Å²) in [4.78, 5) is 23.1. The van der Waals surface area contributed by atoms with Crippen LogP contribution in [-0.4, -0.2) is 51.2 Å². The van der Waals surface area contributed by atoms with Gasteiger partial charge < -0.3 is 15.3 Å². The summed E-state index contributed by atoms with van der Waals surface area (Å²) >= 11 is 0. The van der Waals surface area contributed by atoms with Crippen molar-refractivity contribution in [3.63, 3.8) is 0 Å². The van der Waals surface area contributed by atoms with E-state index in [0.717, 1.165) is 37.1 Å². The third kappa shape index (κ3) is 3.78. The molecule has 3 aliphatic rings. The van der Waals surface area contributed by atoms with E-state index in [-0.39, 0.29) is 11.9 Å². The predicted molar refractivity (Wildman–Crippen MR) is 94.2 cm³/mol. The smallest absolute Gasteiger partial charge is 0.317 e. The van der Waals surface area contributed by atoms with Crippen molar-refractivity contribution in [3.8, 4) is 0 Å². The maximum absolute atomic E-state index is 12.4. The predicted octanol–water partition coefficient (Wildman–Crippen LogP) is 2.23. The van der Waals surface area contributed by atoms with Crippen LogP contribution < -0.4 is 5.32 Å². The van der Waals surface area contributed by atoms with Gasteiger partial charge in [-0.15, -0.1) is 0 Å². The molecule has 1 saturated heterocycles. The van der Waals surface area contributed by atoms with E-state index in [0.29, 0.717) is 32.0 Å². The van der Waals surface area contributed by atoms with Crippen molar-refractivity contribution in [1.29, 1.82) is 0 Å². The van der Waals surface area contributed by atoms with Gasteiger partial charge in [-0.05, 0) is 44.1 Å². The molecule has 3 fully saturated rings. The Labute approximate surface area is 149 Å². The first-order chi connectivity index (χ1) is 12.1. The van der Waals surface area contributed by atoms with Crippen LogP contribution in [0.3, 0.4) is 0 Å². The molecular formula is C19H28N4O2. The van der Waals surface area contributed by atoms with Crippen LogP contribution in [0.5, 0.6) is 0 Å². The fourth-order valence-electron chi connectivity index (χ4n) is 4.23. The van der Waals surface area contributed by atoms with Gasteiger partial charge in [0.05, 0.1) is 5.60 Å². The number of rotatable bonds is 4. The molecule has 136 valence electrons. The molecule has 2 aliphatic carbocycles. The summed E-state index contributed by atoms with van der Waals surface area (Å²) in [6.45, 7) is 1.93. The molecule has 2 atom stereocenters. The topological polar surface area (TPSA) is 78.4 Å². The fraction of sp³-hybridized carbons (Fsp3) is 0.737. The number of hydrogen-bond donors (Lipinski definition) is 2. The van der Waals surface area contributed by atoms with Gasteiger partial charge in [0.2, 0.25) is 0 Å². The highest BCUT2D eigenvalue weighted by Crippen LogP contribution is 2.39. The van der Waals surface area contributed by atoms with E-state index >= 15 is 0 Å². The molecule has 1 aliphatic heterocycles. The van der Waals surface area contributed by atoms with E-state index in [9.17, 15) is 9.90 Å². The number of aromatic nitrogens is 2. The lowest BCUT2D eigenvalue weighted by molar-refractivity contribution is -0.0870. The Morgan fingerprint density at radius 2 is 2.04 bits per heavy atom. The third-order valence-electron chi connectivity index (χ3n) is 6.07. The average molecular weight is 344 g/mol. The molecule has 0 bridgehead atoms. The van der Waals surface area contributed by atoms with Gasteiger partial charge in [-0.1, -0.05) is 12.8 Å². The van der Waals surface area contributed by atoms with Crippen LogP contribution in [0.4, 0.5) is 4.79 Å². The highest BCUT2D eigenvalue weighted by molar-refractivity contribution is 5.74. The Bertz CT molecular complexity index is 616. The van der Waals surface area contributed by atoms with Gasteiger partial charge in [0, 0.05) is 43.9 Å². The Hall–Kier alpha value is -1.69. The normalized spacial score (nSPS) is 29.2. The first-order valence-corrected chi connectivity index (χ1v) is 9.70. The molecule has 0 spiro atoms. The van der Waals surface area contributed by atoms with Crippen LogP contribution in [0.25, 0.3) is 0 Å². The number of carbonyl (C=O) groups is 1. The van der Waals surface area contributed by atoms with Crippen molar-refractivity contribution in [3.05, 3.63) is 23.8 Å². The first kappa shape index (κ1) is 16.8. The summed E-state index contributed by atoms with van der Waals surface area (Å²) in [5.41, 5.74) is 0.528. The summed E-state index contributed by atoms with van der Waals surface area (Å²) in [7, 11) is 0. The molecule has 0 unspecified atom stereocenters. The monoisotopic (exact) mass is 344 g/mol. The number of nitrogens with one attached hydrogen (secondary N) is 1. The van der Waals surface area contributed by atoms with Gasteiger partial charge >= 0.3 is 6.03 Å². The van der Waals surface area contributed by atoms with E-state index in [4.69, 9.17) is 0 Å². The molecule has 2 saturated carbocycles. The van der Waals surface area contributed by atoms with E-state index in [1.807, 2.05) is 17.3 Å². The van der Waals surface area contributed by atoms with Gasteiger partial charge in [0.1, 0.15) is 5.82 Å². The highest BCUT2D eigenvalue weighted by Gasteiger charge is 2.43. The van der Waals surface area contributed by atoms with Crippen molar-refractivity contribution in [2.24, 2.45) is 5.92 Å². The van der Waals surface area contributed by atoms with Gasteiger partial charge in [-0.2, -0.15) is 0 Å². The number of likely N-dealkylation sites (tertiary alicyclic amines) is 1. The third-order valence-corrected chi connectivity index (χ3v) is 6.07. The zero-order valence-electron chi connectivity index (χ0n) is 14.8. The van der Waals surface area contributed by atoms with E-state index in [2.05, 4.69) is 15.3 Å². The number of amides is 2. The van der Waals surface area contributed by atoms with Crippen LogP contribution in [0.1, 0.15) is 62.3 Å². The molecule has 0 aromatic carbocycles. The van der Waals surface area contributed by atoms with Gasteiger partial charge in [-0.25, -0.2) is 14.8 Å². The fourth-order valence-corrected chi connectivity index (χ4v) is 4.23. The van der Waals surface area contributed by atoms with E-state index in [1.54, 1.807) is 0 Å². The number of carbonyl (C=O) groups excluding carboxylic acids is 1. The number of nitrogens with zero attached hydrogens (tertiary/aromatic N) is 3. The van der Waals surface area contributed by atoms with E-state index < -0.39 is 5.60 Å². The summed E-state index contributed by atoms with van der Waals surface area (Å²) < 4.78 is 0. The lowest BCUT2D eigenvalue weighted by Gasteiger charge is -2.47. The minimum atomic E-state index is -0.532. The number of aliphatic hydroxyl groups is 1. The van der Waals surface area contributed by atoms with Crippen molar-refractivity contribution in [1.82, 2.24) is 20.2 Å². The Morgan fingerprint density at radius 1 is 1.24 bits per heavy atom. The maximum Gasteiger partial charge on any atom is 0.317 e. The molecule has 2 heterocycles. The summed E-state index contributed by atoms with van der Waals surface area (Å²) in [5.74, 6) is 1.77. The zero-order chi connectivity index (χ0) is 17.3. The molecule has 6 heteroatoms. The van der Waals surface area contributed by atoms with Crippen LogP contribution in [0, 0.1) is 5.92 Å². The molecular weight excluding hydrogens is 316 g/mol. The number of fused-ring (bicyclic) bond motifs is 1. The molecule has 2 N–H and O–H groups in total. The second-order valence-electron chi connectivity index (χ2n) is 7.95. The van der Waals surface area contributed by atoms with Crippen molar-refractivity contribution in [2.45, 2.75) is 62.9 Å². The van der Waals surface area contributed by atoms with Crippen LogP contribution in [-0.2, 0) is 6.42 Å². The molecule has 1 aromatic rings. The lowest BCUT2D eigenvalue weighted by Crippen LogP contribution is -2.56. The molecule has 4 rings (SSSR count). The molecule has 2 amide bonds. The van der Waals surface area contributed by atoms with Crippen LogP contribution in [0.2, 0.25) is 0 Å². The lowest BCUT2D eigenvalue weighted by atomic mass is 9.71. The number of urea groups is 1. The molecule has 25 heavy (non-hydrogen) atoms. The Morgan fingerprint density at radius 3 is 2.80 bits per heavy atom. The molecule has 1 aromatic heterocycles. The average Bonchev–Trinajstić information content (AvgIpc) is 3.46. The van der Waals surface area contributed by atoms with Crippen LogP contribution >= 0.6 is 0 Å². The van der Waals surface area contributed by atoms with Crippen LogP contribution in [0.15, 0.2) is 12.4 Å². The SMILES string of the molecule is O=C(NCCc1cnc(C2CC2)nc1)N1CC[C@@]2(O)CCCC[C@H]2C1. The van der Waals surface area contributed by atoms with Crippen molar-refractivity contribution >= 4 is 6.03 Å². The first-order valence-electron chi connectivity index (χ1n) is 9.70. The highest BCUT2D eigenvalue weighted by atomic mass is 16.3. The summed E-state index contributed by atoms with van der Waals surface area (Å²) in [6.07, 6.45) is 11.9. The van der Waals surface area contributed by atoms with Crippen molar-refractivity contribution in [2.75, 3.05) is 19.6 Å². The summed E-state index contributed by atoms with van der Waals surface area (Å²) in [5, 5.41) is 13.7. The standard InChI is InChI=1S/C19H28N4O2/c24-18(23-10-8-19(25)7-2-1-3-16(19)13-23)20-9-6-14-11-21-17(22-12-14)15-4-5-15/h11-12,15-16,25H,1-10,13H2,(H,20,24)/t16-,19-/m0/s1. The minimum Gasteiger partial charge on any atom is -0.389 e. The van der Waals surface area contributed by atoms with Gasteiger partial charge in [-0.3, -0.25) is 0 Å².